The van der Waals surface area contributed by atoms with Gasteiger partial charge in [0.15, 0.2) is 9.84 Å². The van der Waals surface area contributed by atoms with Gasteiger partial charge in [-0.25, -0.2) is 13.2 Å². The van der Waals surface area contributed by atoms with Crippen LogP contribution < -0.4 is 20.7 Å². The molecule has 0 saturated heterocycles. The molecule has 0 radical (unpaired) electrons. The van der Waals surface area contributed by atoms with E-state index >= 15 is 0 Å². The number of sulfone groups is 1. The molecule has 2 aromatic carbocycles. The highest BCUT2D eigenvalue weighted by Gasteiger charge is 2.33. The predicted octanol–water partition coefficient (Wildman–Crippen LogP) is 5.46. The molecule has 4 rings (SSSR count). The smallest absolute Gasteiger partial charge is 0.406 e. The Balaban J connectivity index is 1.53. The number of fused-ring (bicyclic) bond motifs is 1. The fourth-order valence-electron chi connectivity index (χ4n) is 5.34. The van der Waals surface area contributed by atoms with E-state index in [9.17, 15) is 26.4 Å². The molecule has 9 nitrogen and oxygen atoms in total. The predicted molar refractivity (Wildman–Crippen MR) is 166 cm³/mol. The maximum absolute atomic E-state index is 13.6. The molecule has 3 N–H and O–H groups in total. The average Bonchev–Trinajstić information content (AvgIpc) is 3.28. The van der Waals surface area contributed by atoms with Crippen molar-refractivity contribution in [3.63, 3.8) is 0 Å². The van der Waals surface area contributed by atoms with Gasteiger partial charge in [0.25, 0.3) is 0 Å². The Morgan fingerprint density at radius 2 is 1.84 bits per heavy atom. The van der Waals surface area contributed by atoms with Crippen molar-refractivity contribution < 1.29 is 31.1 Å². The molecule has 0 spiro atoms. The summed E-state index contributed by atoms with van der Waals surface area (Å²) >= 11 is 0. The highest BCUT2D eigenvalue weighted by atomic mass is 32.2. The molecular weight excluding hydrogens is 595 g/mol. The molecule has 1 aliphatic rings. The first-order valence-corrected chi connectivity index (χ1v) is 16.0. The number of rotatable bonds is 8. The van der Waals surface area contributed by atoms with Crippen LogP contribution in [0.2, 0.25) is 0 Å². The van der Waals surface area contributed by atoms with E-state index < -0.39 is 28.6 Å². The maximum atomic E-state index is 13.6. The second-order valence-electron chi connectivity index (χ2n) is 11.5. The summed E-state index contributed by atoms with van der Waals surface area (Å²) < 4.78 is 70.8. The number of nitrogens with one attached hydrogen (secondary N) is 3. The minimum atomic E-state index is -4.50. The van der Waals surface area contributed by atoms with Crippen molar-refractivity contribution in [2.45, 2.75) is 61.8 Å². The maximum Gasteiger partial charge on any atom is 0.406 e. The molecule has 1 heterocycles. The largest absolute Gasteiger partial charge is 0.495 e. The molecule has 1 saturated carbocycles. The summed E-state index contributed by atoms with van der Waals surface area (Å²) in [6.07, 6.45) is 0.127. The summed E-state index contributed by atoms with van der Waals surface area (Å²) in [7, 11) is 2.07. The molecule has 0 bridgehead atoms. The molecule has 0 atom stereocenters. The van der Waals surface area contributed by atoms with Crippen LogP contribution in [0.5, 0.6) is 5.75 Å². The fourth-order valence-corrected chi connectivity index (χ4v) is 5.98. The van der Waals surface area contributed by atoms with E-state index in [-0.39, 0.29) is 40.0 Å². The number of methoxy groups -OCH3 is 1. The lowest BCUT2D eigenvalue weighted by Crippen LogP contribution is -2.49. The molecule has 44 heavy (non-hydrogen) atoms. The lowest BCUT2D eigenvalue weighted by atomic mass is 9.80. The molecule has 13 heteroatoms. The molecule has 2 amide bonds. The average molecular weight is 634 g/mol. The standard InChI is InChI=1S/C31H38F3N5O4S/c1-30(38(2)3)15-13-21(14-16-30)36-29(40)37-25-9-6-10-27-24(25)18-22(39(27)20-31(32,33)34)8-7-17-35-26-12-11-23(44(5,41)42)19-28(26)43-4/h6,9-12,18-19,21,35H,13-17,20H2,1-5H3,(H2,36,37,40). The third-order valence-corrected chi connectivity index (χ3v) is 9.30. The quantitative estimate of drug-likeness (QED) is 0.285. The SMILES string of the molecule is COc1cc(S(C)(=O)=O)ccc1NCC#Cc1cc2c(NC(=O)NC3CCC(C)(N(C)C)CC3)cccc2n1CC(F)(F)F. The number of hydrogen-bond acceptors (Lipinski definition) is 6. The van der Waals surface area contributed by atoms with E-state index in [0.717, 1.165) is 36.5 Å². The number of nitrogens with zero attached hydrogens (tertiary/aromatic N) is 2. The lowest BCUT2D eigenvalue weighted by molar-refractivity contribution is -0.140. The van der Waals surface area contributed by atoms with Crippen LogP contribution in [-0.2, 0) is 16.4 Å². The van der Waals surface area contributed by atoms with Crippen LogP contribution in [0.25, 0.3) is 10.9 Å². The fraction of sp³-hybridized carbons (Fsp3) is 0.452. The highest BCUT2D eigenvalue weighted by molar-refractivity contribution is 7.90. The second-order valence-corrected chi connectivity index (χ2v) is 13.5. The van der Waals surface area contributed by atoms with Gasteiger partial charge in [-0.05, 0) is 83.0 Å². The number of urea groups is 1. The van der Waals surface area contributed by atoms with Crippen molar-refractivity contribution in [2.24, 2.45) is 0 Å². The number of carbonyl (C=O) groups excluding carboxylic acids is 1. The summed E-state index contributed by atoms with van der Waals surface area (Å²) in [5.74, 6) is 5.94. The van der Waals surface area contributed by atoms with Gasteiger partial charge in [-0.1, -0.05) is 12.0 Å². The Morgan fingerprint density at radius 3 is 2.45 bits per heavy atom. The molecule has 0 aliphatic heterocycles. The van der Waals surface area contributed by atoms with Crippen LogP contribution in [0.3, 0.4) is 0 Å². The summed E-state index contributed by atoms with van der Waals surface area (Å²) in [6, 6.07) is 10.3. The summed E-state index contributed by atoms with van der Waals surface area (Å²) in [4.78, 5) is 15.2. The first kappa shape index (κ1) is 33.0. The van der Waals surface area contributed by atoms with E-state index in [1.807, 2.05) is 0 Å². The van der Waals surface area contributed by atoms with Gasteiger partial charge in [0, 0.05) is 29.3 Å². The molecule has 3 aromatic rings. The van der Waals surface area contributed by atoms with Gasteiger partial charge in [-0.15, -0.1) is 0 Å². The third kappa shape index (κ3) is 7.98. The van der Waals surface area contributed by atoms with Crippen molar-refractivity contribution in [3.05, 3.63) is 48.2 Å². The van der Waals surface area contributed by atoms with Crippen LogP contribution in [-0.4, -0.2) is 75.7 Å². The Labute approximate surface area is 256 Å². The minimum absolute atomic E-state index is 0.00665. The molecule has 0 unspecified atom stereocenters. The van der Waals surface area contributed by atoms with Crippen molar-refractivity contribution >= 4 is 38.1 Å². The summed E-state index contributed by atoms with van der Waals surface area (Å²) in [6.45, 7) is 1.00. The van der Waals surface area contributed by atoms with Crippen molar-refractivity contribution in [3.8, 4) is 17.6 Å². The molecular formula is C31H38F3N5O4S. The normalized spacial score (nSPS) is 18.9. The number of benzene rings is 2. The van der Waals surface area contributed by atoms with Crippen LogP contribution in [0.4, 0.5) is 29.3 Å². The number of ether oxygens (including phenoxy) is 1. The van der Waals surface area contributed by atoms with Crippen LogP contribution >= 0.6 is 0 Å². The van der Waals surface area contributed by atoms with Gasteiger partial charge < -0.3 is 30.2 Å². The lowest BCUT2D eigenvalue weighted by Gasteiger charge is -2.42. The zero-order valence-electron chi connectivity index (χ0n) is 25.4. The number of hydrogen-bond donors (Lipinski definition) is 3. The zero-order valence-corrected chi connectivity index (χ0v) is 26.2. The molecule has 1 fully saturated rings. The van der Waals surface area contributed by atoms with Crippen molar-refractivity contribution in [2.75, 3.05) is 44.6 Å². The third-order valence-electron chi connectivity index (χ3n) is 8.19. The first-order valence-electron chi connectivity index (χ1n) is 14.1. The van der Waals surface area contributed by atoms with Gasteiger partial charge in [-0.2, -0.15) is 13.2 Å². The second kappa shape index (κ2) is 13.0. The Hall–Kier alpha value is -3.89. The Bertz CT molecular complexity index is 1680. The van der Waals surface area contributed by atoms with E-state index in [1.54, 1.807) is 18.2 Å². The topological polar surface area (TPSA) is 105 Å². The van der Waals surface area contributed by atoms with Crippen LogP contribution in [0, 0.1) is 11.8 Å². The molecule has 1 aromatic heterocycles. The van der Waals surface area contributed by atoms with Gasteiger partial charge in [-0.3, -0.25) is 0 Å². The summed E-state index contributed by atoms with van der Waals surface area (Å²) in [5.41, 5.74) is 1.36. The summed E-state index contributed by atoms with van der Waals surface area (Å²) in [5, 5.41) is 9.28. The van der Waals surface area contributed by atoms with Crippen LogP contribution in [0.15, 0.2) is 47.4 Å². The first-order chi connectivity index (χ1) is 20.6. The van der Waals surface area contributed by atoms with Gasteiger partial charge in [0.05, 0.1) is 41.1 Å². The van der Waals surface area contributed by atoms with E-state index in [0.29, 0.717) is 16.8 Å². The number of aromatic nitrogens is 1. The Morgan fingerprint density at radius 1 is 1.14 bits per heavy atom. The molecule has 1 aliphatic carbocycles. The van der Waals surface area contributed by atoms with E-state index in [2.05, 4.69) is 53.7 Å². The van der Waals surface area contributed by atoms with Gasteiger partial charge in [0.2, 0.25) is 0 Å². The van der Waals surface area contributed by atoms with Crippen molar-refractivity contribution in [1.82, 2.24) is 14.8 Å². The number of amides is 2. The Kier molecular flexibility index (Phi) is 9.75. The monoisotopic (exact) mass is 633 g/mol. The van der Waals surface area contributed by atoms with Crippen molar-refractivity contribution in [1.29, 1.82) is 0 Å². The van der Waals surface area contributed by atoms with E-state index in [1.165, 1.54) is 31.4 Å². The van der Waals surface area contributed by atoms with E-state index in [4.69, 9.17) is 4.74 Å². The number of anilines is 2. The highest BCUT2D eigenvalue weighted by Crippen LogP contribution is 2.33. The number of halogens is 3. The molecule has 238 valence electrons. The van der Waals surface area contributed by atoms with Crippen LogP contribution in [0.1, 0.15) is 38.3 Å². The zero-order chi connectivity index (χ0) is 32.3. The minimum Gasteiger partial charge on any atom is -0.495 e. The van der Waals surface area contributed by atoms with Gasteiger partial charge in [0.1, 0.15) is 12.3 Å². The van der Waals surface area contributed by atoms with Gasteiger partial charge >= 0.3 is 12.2 Å². The number of carbonyl (C=O) groups is 1. The number of alkyl halides is 3.